The van der Waals surface area contributed by atoms with E-state index in [9.17, 15) is 9.90 Å². The first-order chi connectivity index (χ1) is 15.1. The summed E-state index contributed by atoms with van der Waals surface area (Å²) in [6.45, 7) is 13.9. The van der Waals surface area contributed by atoms with Gasteiger partial charge in [0.05, 0.1) is 41.4 Å². The van der Waals surface area contributed by atoms with Crippen molar-refractivity contribution < 1.29 is 14.6 Å². The molecule has 3 aliphatic rings. The Balaban J connectivity index is 1.60. The van der Waals surface area contributed by atoms with E-state index in [4.69, 9.17) is 10.5 Å². The molecule has 2 saturated heterocycles. The Kier molecular flexibility index (Phi) is 5.61. The van der Waals surface area contributed by atoms with E-state index in [-0.39, 0.29) is 17.4 Å². The number of carbonyl (C=O) groups is 1. The maximum atomic E-state index is 13.3. The number of rotatable bonds is 4. The van der Waals surface area contributed by atoms with Crippen LogP contribution in [0, 0.1) is 0 Å². The minimum absolute atomic E-state index is 0.0568. The maximum absolute atomic E-state index is 13.3. The van der Waals surface area contributed by atoms with E-state index in [1.807, 2.05) is 30.9 Å². The molecule has 3 heterocycles. The quantitative estimate of drug-likeness (QED) is 0.416. The third kappa shape index (κ3) is 3.50. The highest BCUT2D eigenvalue weighted by molar-refractivity contribution is 5.98. The van der Waals surface area contributed by atoms with Crippen LogP contribution in [0.5, 0.6) is 5.75 Å². The number of hydrogen-bond acceptors (Lipinski definition) is 6. The number of nitrogens with one attached hydrogen (secondary N) is 2. The molecule has 1 amide bonds. The normalized spacial score (nSPS) is 31.3. The average molecular weight is 442 g/mol. The van der Waals surface area contributed by atoms with Gasteiger partial charge >= 0.3 is 0 Å². The standard InChI is InChI=1S/C24H35N5O3/c1-6-19(25)28-18-12-26-14(2)29-13-17(21(30)24(18,29)5)27-22(31)15-8-7-9-16-20(15)32-11-10-23(16,3)4/h7-9,17-18,21,26,30H,2,6,10-13H2,1,3-5H3,(H2,25,28)(H,27,31)/t17?,18-,21+,24?/m0/s1. The lowest BCUT2D eigenvalue weighted by atomic mass is 9.79. The molecule has 0 spiro atoms. The summed E-state index contributed by atoms with van der Waals surface area (Å²) in [7, 11) is 0. The predicted octanol–water partition coefficient (Wildman–Crippen LogP) is 1.49. The molecule has 0 aromatic heterocycles. The van der Waals surface area contributed by atoms with Crippen LogP contribution >= 0.6 is 0 Å². The topological polar surface area (TPSA) is 112 Å². The summed E-state index contributed by atoms with van der Waals surface area (Å²) in [5.41, 5.74) is 6.77. The molecule has 4 rings (SSSR count). The molecule has 0 saturated carbocycles. The van der Waals surface area contributed by atoms with Gasteiger partial charge in [-0.3, -0.25) is 9.79 Å². The SMILES string of the molecule is C=C1NC[C@H](N=C(N)CC)C2(C)[C@H](O)C(NC(=O)c3cccc4c3OCCC4(C)C)CN12. The summed E-state index contributed by atoms with van der Waals surface area (Å²) in [5.74, 6) is 1.65. The number of amides is 1. The maximum Gasteiger partial charge on any atom is 0.255 e. The number of para-hydroxylation sites is 1. The fourth-order valence-electron chi connectivity index (χ4n) is 5.14. The summed E-state index contributed by atoms with van der Waals surface area (Å²) in [6.07, 6.45) is 0.692. The van der Waals surface area contributed by atoms with Crippen LogP contribution in [0.15, 0.2) is 35.6 Å². The molecule has 3 aliphatic heterocycles. The van der Waals surface area contributed by atoms with E-state index in [1.54, 1.807) is 6.07 Å². The summed E-state index contributed by atoms with van der Waals surface area (Å²) in [4.78, 5) is 20.0. The minimum atomic E-state index is -0.847. The number of nitrogens with two attached hydrogens (primary N) is 1. The lowest BCUT2D eigenvalue weighted by Crippen LogP contribution is -2.64. The molecule has 2 unspecified atom stereocenters. The van der Waals surface area contributed by atoms with E-state index < -0.39 is 17.7 Å². The number of carbonyl (C=O) groups excluding carboxylic acids is 1. The number of aliphatic imine (C=N–C) groups is 1. The number of amidine groups is 1. The van der Waals surface area contributed by atoms with Crippen molar-refractivity contribution in [3.8, 4) is 5.75 Å². The third-order valence-corrected chi connectivity index (χ3v) is 7.40. The molecular formula is C24H35N5O3. The van der Waals surface area contributed by atoms with Crippen molar-refractivity contribution in [2.24, 2.45) is 10.7 Å². The Morgan fingerprint density at radius 1 is 1.44 bits per heavy atom. The Morgan fingerprint density at radius 2 is 2.19 bits per heavy atom. The molecule has 5 N–H and O–H groups in total. The van der Waals surface area contributed by atoms with Crippen molar-refractivity contribution in [1.82, 2.24) is 15.5 Å². The first kappa shape index (κ1) is 22.5. The molecule has 32 heavy (non-hydrogen) atoms. The number of aliphatic hydroxyl groups is 1. The van der Waals surface area contributed by atoms with Crippen molar-refractivity contribution in [3.63, 3.8) is 0 Å². The van der Waals surface area contributed by atoms with Crippen molar-refractivity contribution in [2.75, 3.05) is 19.7 Å². The van der Waals surface area contributed by atoms with E-state index in [1.165, 1.54) is 0 Å². The Hall–Kier alpha value is -2.74. The smallest absolute Gasteiger partial charge is 0.255 e. The lowest BCUT2D eigenvalue weighted by Gasteiger charge is -2.48. The van der Waals surface area contributed by atoms with Crippen LogP contribution in [0.2, 0.25) is 0 Å². The largest absolute Gasteiger partial charge is 0.492 e. The zero-order chi connectivity index (χ0) is 23.3. The van der Waals surface area contributed by atoms with Crippen LogP contribution in [-0.4, -0.2) is 65.2 Å². The number of ether oxygens (including phenoxy) is 1. The van der Waals surface area contributed by atoms with Gasteiger partial charge < -0.3 is 31.1 Å². The van der Waals surface area contributed by atoms with E-state index >= 15 is 0 Å². The van der Waals surface area contributed by atoms with Gasteiger partial charge in [0.1, 0.15) is 11.9 Å². The van der Waals surface area contributed by atoms with E-state index in [0.717, 1.165) is 12.0 Å². The molecule has 0 aliphatic carbocycles. The second kappa shape index (κ2) is 7.99. The zero-order valence-corrected chi connectivity index (χ0v) is 19.4. The van der Waals surface area contributed by atoms with E-state index in [0.29, 0.717) is 49.1 Å². The number of fused-ring (bicyclic) bond motifs is 2. The Morgan fingerprint density at radius 3 is 2.91 bits per heavy atom. The highest BCUT2D eigenvalue weighted by Crippen LogP contribution is 2.41. The van der Waals surface area contributed by atoms with Gasteiger partial charge in [0, 0.05) is 25.1 Å². The van der Waals surface area contributed by atoms with Crippen LogP contribution in [0.4, 0.5) is 0 Å². The van der Waals surface area contributed by atoms with Crippen LogP contribution < -0.4 is 21.1 Å². The second-order valence-corrected chi connectivity index (χ2v) is 9.84. The van der Waals surface area contributed by atoms with Gasteiger partial charge in [-0.15, -0.1) is 0 Å². The first-order valence-electron chi connectivity index (χ1n) is 11.4. The van der Waals surface area contributed by atoms with Gasteiger partial charge in [0.2, 0.25) is 0 Å². The number of nitrogens with zero attached hydrogens (tertiary/aromatic N) is 2. The summed E-state index contributed by atoms with van der Waals surface area (Å²) in [5, 5.41) is 17.7. The highest BCUT2D eigenvalue weighted by Gasteiger charge is 2.57. The molecule has 2 fully saturated rings. The van der Waals surface area contributed by atoms with Gasteiger partial charge in [-0.25, -0.2) is 0 Å². The number of hydrogen-bond donors (Lipinski definition) is 4. The van der Waals surface area contributed by atoms with Crippen molar-refractivity contribution in [3.05, 3.63) is 41.7 Å². The fraction of sp³-hybridized carbons (Fsp3) is 0.583. The Bertz CT molecular complexity index is 959. The highest BCUT2D eigenvalue weighted by atomic mass is 16.5. The summed E-state index contributed by atoms with van der Waals surface area (Å²) >= 11 is 0. The number of benzene rings is 1. The third-order valence-electron chi connectivity index (χ3n) is 7.40. The minimum Gasteiger partial charge on any atom is -0.492 e. The Labute approximate surface area is 189 Å². The molecule has 0 radical (unpaired) electrons. The van der Waals surface area contributed by atoms with E-state index in [2.05, 4.69) is 36.1 Å². The van der Waals surface area contributed by atoms with Crippen LogP contribution in [0.1, 0.15) is 56.5 Å². The second-order valence-electron chi connectivity index (χ2n) is 9.84. The molecule has 1 aromatic rings. The first-order valence-corrected chi connectivity index (χ1v) is 11.4. The van der Waals surface area contributed by atoms with Crippen LogP contribution in [0.25, 0.3) is 0 Å². The van der Waals surface area contributed by atoms with Crippen molar-refractivity contribution in [1.29, 1.82) is 0 Å². The van der Waals surface area contributed by atoms with Crippen LogP contribution in [-0.2, 0) is 5.41 Å². The fourth-order valence-corrected chi connectivity index (χ4v) is 5.14. The van der Waals surface area contributed by atoms with Crippen molar-refractivity contribution >= 4 is 11.7 Å². The monoisotopic (exact) mass is 441 g/mol. The molecule has 1 aromatic carbocycles. The number of aliphatic hydroxyl groups excluding tert-OH is 1. The summed E-state index contributed by atoms with van der Waals surface area (Å²) < 4.78 is 5.92. The molecule has 8 nitrogen and oxygen atoms in total. The zero-order valence-electron chi connectivity index (χ0n) is 19.4. The molecule has 0 bridgehead atoms. The van der Waals surface area contributed by atoms with Gasteiger partial charge in [-0.05, 0) is 24.8 Å². The van der Waals surface area contributed by atoms with Gasteiger partial charge in [-0.2, -0.15) is 0 Å². The molecule has 174 valence electrons. The molecule has 8 heteroatoms. The molecule has 4 atom stereocenters. The van der Waals surface area contributed by atoms with Crippen LogP contribution in [0.3, 0.4) is 0 Å². The predicted molar refractivity (Wildman–Crippen MR) is 125 cm³/mol. The summed E-state index contributed by atoms with van der Waals surface area (Å²) in [6, 6.07) is 4.94. The molecular weight excluding hydrogens is 406 g/mol. The van der Waals surface area contributed by atoms with Crippen molar-refractivity contribution in [2.45, 2.75) is 69.7 Å². The van der Waals surface area contributed by atoms with Gasteiger partial charge in [-0.1, -0.05) is 39.5 Å². The lowest BCUT2D eigenvalue weighted by molar-refractivity contribution is 0.0147. The van der Waals surface area contributed by atoms with Gasteiger partial charge in [0.25, 0.3) is 5.91 Å². The van der Waals surface area contributed by atoms with Gasteiger partial charge in [0.15, 0.2) is 0 Å². The average Bonchev–Trinajstić information content (AvgIpc) is 3.01.